The SMILES string of the molecule is COc1ccc(OC)c(C2CC(C(=O)NC(C)c3ccc4c(c3)CCC4)NN2)c1. The van der Waals surface area contributed by atoms with Crippen LogP contribution in [0.4, 0.5) is 0 Å². The van der Waals surface area contributed by atoms with Gasteiger partial charge in [-0.05, 0) is 67.5 Å². The van der Waals surface area contributed by atoms with Gasteiger partial charge in [0, 0.05) is 5.56 Å². The predicted octanol–water partition coefficient (Wildman–Crippen LogP) is 2.98. The third-order valence-corrected chi connectivity index (χ3v) is 6.01. The zero-order valence-electron chi connectivity index (χ0n) is 17.2. The summed E-state index contributed by atoms with van der Waals surface area (Å²) in [4.78, 5) is 12.8. The van der Waals surface area contributed by atoms with Crippen molar-refractivity contribution in [2.75, 3.05) is 14.2 Å². The average molecular weight is 396 g/mol. The maximum absolute atomic E-state index is 12.8. The Kier molecular flexibility index (Phi) is 5.74. The molecule has 2 aromatic carbocycles. The molecule has 1 aliphatic heterocycles. The minimum absolute atomic E-state index is 0.00476. The van der Waals surface area contributed by atoms with E-state index in [0.717, 1.165) is 29.0 Å². The van der Waals surface area contributed by atoms with E-state index in [1.54, 1.807) is 14.2 Å². The van der Waals surface area contributed by atoms with E-state index in [2.05, 4.69) is 34.4 Å². The van der Waals surface area contributed by atoms with Crippen molar-refractivity contribution in [2.45, 2.75) is 50.7 Å². The number of rotatable bonds is 6. The van der Waals surface area contributed by atoms with Crippen LogP contribution in [0.5, 0.6) is 11.5 Å². The standard InChI is InChI=1S/C23H29N3O3/c1-14(16-8-7-15-5-4-6-17(15)11-16)24-23(27)21-13-20(25-26-21)19-12-18(28-2)9-10-22(19)29-3/h7-12,14,20-21,25-26H,4-6,13H2,1-3H3,(H,24,27). The highest BCUT2D eigenvalue weighted by molar-refractivity contribution is 5.82. The van der Waals surface area contributed by atoms with Crippen molar-refractivity contribution in [3.8, 4) is 11.5 Å². The zero-order chi connectivity index (χ0) is 20.4. The normalized spacial score (nSPS) is 21.5. The van der Waals surface area contributed by atoms with E-state index < -0.39 is 0 Å². The number of fused-ring (bicyclic) bond motifs is 1. The molecule has 3 unspecified atom stereocenters. The van der Waals surface area contributed by atoms with Crippen LogP contribution in [-0.4, -0.2) is 26.2 Å². The molecule has 0 radical (unpaired) electrons. The van der Waals surface area contributed by atoms with Crippen LogP contribution < -0.4 is 25.6 Å². The molecule has 1 heterocycles. The Labute approximate surface area is 171 Å². The molecule has 0 spiro atoms. The number of carbonyl (C=O) groups excluding carboxylic acids is 1. The molecule has 3 atom stereocenters. The average Bonchev–Trinajstić information content (AvgIpc) is 3.42. The van der Waals surface area contributed by atoms with Crippen LogP contribution in [-0.2, 0) is 17.6 Å². The molecule has 4 rings (SSSR count). The van der Waals surface area contributed by atoms with Gasteiger partial charge >= 0.3 is 0 Å². The Hall–Kier alpha value is -2.57. The monoisotopic (exact) mass is 395 g/mol. The van der Waals surface area contributed by atoms with Crippen LogP contribution in [0.1, 0.15) is 54.1 Å². The summed E-state index contributed by atoms with van der Waals surface area (Å²) in [5, 5.41) is 3.16. The van der Waals surface area contributed by atoms with Crippen molar-refractivity contribution in [2.24, 2.45) is 0 Å². The molecule has 154 valence electrons. The first kappa shape index (κ1) is 19.7. The molecule has 2 aliphatic rings. The Morgan fingerprint density at radius 2 is 1.90 bits per heavy atom. The molecule has 1 saturated heterocycles. The topological polar surface area (TPSA) is 71.6 Å². The van der Waals surface area contributed by atoms with Gasteiger partial charge in [0.25, 0.3) is 0 Å². The van der Waals surface area contributed by atoms with Crippen LogP contribution in [0.15, 0.2) is 36.4 Å². The van der Waals surface area contributed by atoms with Crippen molar-refractivity contribution < 1.29 is 14.3 Å². The number of hydrogen-bond donors (Lipinski definition) is 3. The molecular formula is C23H29N3O3. The van der Waals surface area contributed by atoms with E-state index in [1.165, 1.54) is 24.0 Å². The van der Waals surface area contributed by atoms with Gasteiger partial charge in [-0.2, -0.15) is 0 Å². The van der Waals surface area contributed by atoms with E-state index >= 15 is 0 Å². The van der Waals surface area contributed by atoms with Crippen molar-refractivity contribution in [1.29, 1.82) is 0 Å². The number of carbonyl (C=O) groups is 1. The van der Waals surface area contributed by atoms with Crippen molar-refractivity contribution in [1.82, 2.24) is 16.2 Å². The molecule has 2 aromatic rings. The summed E-state index contributed by atoms with van der Waals surface area (Å²) in [6.45, 7) is 2.04. The molecule has 29 heavy (non-hydrogen) atoms. The third-order valence-electron chi connectivity index (χ3n) is 6.01. The minimum Gasteiger partial charge on any atom is -0.497 e. The first-order valence-electron chi connectivity index (χ1n) is 10.2. The fourth-order valence-electron chi connectivity index (χ4n) is 4.30. The van der Waals surface area contributed by atoms with Gasteiger partial charge in [0.05, 0.1) is 26.3 Å². The number of hydrazine groups is 1. The third kappa shape index (κ3) is 4.09. The molecule has 1 fully saturated rings. The van der Waals surface area contributed by atoms with Crippen LogP contribution in [0.25, 0.3) is 0 Å². The molecule has 1 aliphatic carbocycles. The number of amides is 1. The smallest absolute Gasteiger partial charge is 0.239 e. The van der Waals surface area contributed by atoms with Gasteiger partial charge in [-0.1, -0.05) is 18.2 Å². The Morgan fingerprint density at radius 3 is 2.69 bits per heavy atom. The van der Waals surface area contributed by atoms with Crippen LogP contribution >= 0.6 is 0 Å². The molecule has 0 saturated carbocycles. The van der Waals surface area contributed by atoms with Gasteiger partial charge in [-0.15, -0.1) is 0 Å². The lowest BCUT2D eigenvalue weighted by atomic mass is 9.99. The van der Waals surface area contributed by atoms with Gasteiger partial charge in [0.1, 0.15) is 17.5 Å². The summed E-state index contributed by atoms with van der Waals surface area (Å²) in [6, 6.07) is 11.9. The summed E-state index contributed by atoms with van der Waals surface area (Å²) in [5.41, 5.74) is 11.4. The lowest BCUT2D eigenvalue weighted by Gasteiger charge is -2.18. The molecule has 3 N–H and O–H groups in total. The quantitative estimate of drug-likeness (QED) is 0.701. The number of ether oxygens (including phenoxy) is 2. The van der Waals surface area contributed by atoms with Gasteiger partial charge in [-0.25, -0.2) is 10.9 Å². The van der Waals surface area contributed by atoms with Crippen LogP contribution in [0, 0.1) is 0 Å². The number of nitrogens with one attached hydrogen (secondary N) is 3. The molecule has 1 amide bonds. The second-order valence-corrected chi connectivity index (χ2v) is 7.85. The molecule has 0 aromatic heterocycles. The molecular weight excluding hydrogens is 366 g/mol. The van der Waals surface area contributed by atoms with E-state index in [-0.39, 0.29) is 24.0 Å². The van der Waals surface area contributed by atoms with E-state index in [9.17, 15) is 4.79 Å². The largest absolute Gasteiger partial charge is 0.497 e. The lowest BCUT2D eigenvalue weighted by Crippen LogP contribution is -2.43. The fraction of sp³-hybridized carbons (Fsp3) is 0.435. The highest BCUT2D eigenvalue weighted by Crippen LogP contribution is 2.33. The highest BCUT2D eigenvalue weighted by Gasteiger charge is 2.32. The summed E-state index contributed by atoms with van der Waals surface area (Å²) in [6.07, 6.45) is 4.17. The zero-order valence-corrected chi connectivity index (χ0v) is 17.2. The second kappa shape index (κ2) is 8.43. The van der Waals surface area contributed by atoms with Crippen molar-refractivity contribution in [3.63, 3.8) is 0 Å². The number of hydrogen-bond acceptors (Lipinski definition) is 5. The van der Waals surface area contributed by atoms with E-state index in [4.69, 9.17) is 9.47 Å². The van der Waals surface area contributed by atoms with Crippen molar-refractivity contribution in [3.05, 3.63) is 58.7 Å². The second-order valence-electron chi connectivity index (χ2n) is 7.85. The van der Waals surface area contributed by atoms with Gasteiger partial charge in [0.15, 0.2) is 0 Å². The molecule has 6 nitrogen and oxygen atoms in total. The lowest BCUT2D eigenvalue weighted by molar-refractivity contribution is -0.123. The number of methoxy groups -OCH3 is 2. The van der Waals surface area contributed by atoms with E-state index in [0.29, 0.717) is 6.42 Å². The summed E-state index contributed by atoms with van der Waals surface area (Å²) in [5.74, 6) is 1.54. The van der Waals surface area contributed by atoms with Gasteiger partial charge in [-0.3, -0.25) is 4.79 Å². The number of benzene rings is 2. The predicted molar refractivity (Wildman–Crippen MR) is 112 cm³/mol. The molecule has 0 bridgehead atoms. The Balaban J connectivity index is 1.41. The van der Waals surface area contributed by atoms with Gasteiger partial charge in [0.2, 0.25) is 5.91 Å². The minimum atomic E-state index is -0.312. The fourth-order valence-corrected chi connectivity index (χ4v) is 4.30. The maximum atomic E-state index is 12.8. The Bertz CT molecular complexity index is 899. The first-order valence-corrected chi connectivity index (χ1v) is 10.2. The van der Waals surface area contributed by atoms with Crippen molar-refractivity contribution >= 4 is 5.91 Å². The number of aryl methyl sites for hydroxylation is 2. The van der Waals surface area contributed by atoms with Crippen LogP contribution in [0.2, 0.25) is 0 Å². The first-order chi connectivity index (χ1) is 14.1. The van der Waals surface area contributed by atoms with Gasteiger partial charge < -0.3 is 14.8 Å². The van der Waals surface area contributed by atoms with Crippen LogP contribution in [0.3, 0.4) is 0 Å². The highest BCUT2D eigenvalue weighted by atomic mass is 16.5. The molecule has 6 heteroatoms. The maximum Gasteiger partial charge on any atom is 0.239 e. The summed E-state index contributed by atoms with van der Waals surface area (Å²) < 4.78 is 10.8. The summed E-state index contributed by atoms with van der Waals surface area (Å²) in [7, 11) is 3.29. The Morgan fingerprint density at radius 1 is 1.07 bits per heavy atom. The summed E-state index contributed by atoms with van der Waals surface area (Å²) >= 11 is 0. The van der Waals surface area contributed by atoms with E-state index in [1.807, 2.05) is 25.1 Å².